The average Bonchev–Trinajstić information content (AvgIpc) is 2.46. The average molecular weight is 269 g/mol. The van der Waals surface area contributed by atoms with Gasteiger partial charge in [0.25, 0.3) is 5.91 Å². The van der Waals surface area contributed by atoms with Gasteiger partial charge in [0.1, 0.15) is 6.54 Å². The summed E-state index contributed by atoms with van der Waals surface area (Å²) in [5.74, 6) is -0.579. The number of benzene rings is 1. The summed E-state index contributed by atoms with van der Waals surface area (Å²) >= 11 is 0. The highest BCUT2D eigenvalue weighted by Crippen LogP contribution is 2.29. The van der Waals surface area contributed by atoms with E-state index in [1.165, 1.54) is 23.2 Å². The molecular formula is C14H11N3O3. The van der Waals surface area contributed by atoms with Gasteiger partial charge >= 0.3 is 0 Å². The van der Waals surface area contributed by atoms with Gasteiger partial charge in [-0.2, -0.15) is 0 Å². The first-order valence-corrected chi connectivity index (χ1v) is 6.04. The smallest absolute Gasteiger partial charge is 0.260 e. The minimum atomic E-state index is -0.330. The molecule has 100 valence electrons. The Labute approximate surface area is 114 Å². The third-order valence-corrected chi connectivity index (χ3v) is 3.05. The molecule has 3 rings (SSSR count). The summed E-state index contributed by atoms with van der Waals surface area (Å²) in [5.41, 5.74) is 1.29. The molecule has 0 atom stereocenters. The van der Waals surface area contributed by atoms with Crippen LogP contribution in [0, 0.1) is 0 Å². The second-order valence-electron chi connectivity index (χ2n) is 4.40. The molecule has 0 radical (unpaired) electrons. The molecule has 0 aliphatic carbocycles. The van der Waals surface area contributed by atoms with Crippen LogP contribution in [-0.2, 0) is 4.79 Å². The second kappa shape index (κ2) is 4.65. The van der Waals surface area contributed by atoms with Crippen LogP contribution in [0.4, 0.5) is 11.4 Å². The van der Waals surface area contributed by atoms with Crippen molar-refractivity contribution in [3.63, 3.8) is 0 Å². The number of hydrogen-bond donors (Lipinski definition) is 2. The molecule has 1 aliphatic heterocycles. The topological polar surface area (TPSA) is 82.3 Å². The quantitative estimate of drug-likeness (QED) is 0.809. The molecule has 0 saturated heterocycles. The van der Waals surface area contributed by atoms with Crippen molar-refractivity contribution in [2.75, 3.05) is 16.8 Å². The van der Waals surface area contributed by atoms with Gasteiger partial charge in [0.15, 0.2) is 0 Å². The standard InChI is InChI=1S/C14H11N3O3/c18-12-6-5-9(7-15-12)14(20)17-8-13(19)16-10-3-1-2-4-11(10)17/h1-7H,8H2,(H,15,18)(H,16,19). The van der Waals surface area contributed by atoms with E-state index in [4.69, 9.17) is 0 Å². The maximum Gasteiger partial charge on any atom is 0.260 e. The first-order chi connectivity index (χ1) is 9.65. The van der Waals surface area contributed by atoms with Crippen LogP contribution in [0.3, 0.4) is 0 Å². The SMILES string of the molecule is O=C1CN(C(=O)c2ccc(=O)[nH]c2)c2ccccc2N1. The number of amides is 2. The molecule has 6 heteroatoms. The fourth-order valence-electron chi connectivity index (χ4n) is 2.11. The lowest BCUT2D eigenvalue weighted by molar-refractivity contribution is -0.115. The number of fused-ring (bicyclic) bond motifs is 1. The van der Waals surface area contributed by atoms with Crippen LogP contribution in [0.15, 0.2) is 47.4 Å². The molecule has 0 unspecified atom stereocenters. The largest absolute Gasteiger partial charge is 0.328 e. The summed E-state index contributed by atoms with van der Waals surface area (Å²) in [7, 11) is 0. The Balaban J connectivity index is 2.01. The highest BCUT2D eigenvalue weighted by atomic mass is 16.2. The number of pyridine rings is 1. The van der Waals surface area contributed by atoms with E-state index in [2.05, 4.69) is 10.3 Å². The van der Waals surface area contributed by atoms with Crippen LogP contribution in [-0.4, -0.2) is 23.3 Å². The summed E-state index contributed by atoms with van der Waals surface area (Å²) in [6.07, 6.45) is 1.35. The molecule has 2 heterocycles. The number of aromatic amines is 1. The number of rotatable bonds is 1. The number of para-hydroxylation sites is 2. The van der Waals surface area contributed by atoms with Gasteiger partial charge in [-0.05, 0) is 18.2 Å². The predicted octanol–water partition coefficient (Wildman–Crippen LogP) is 0.974. The van der Waals surface area contributed by atoms with Crippen LogP contribution in [0.5, 0.6) is 0 Å². The molecular weight excluding hydrogens is 258 g/mol. The number of nitrogens with one attached hydrogen (secondary N) is 2. The van der Waals surface area contributed by atoms with Crippen molar-refractivity contribution >= 4 is 23.2 Å². The van der Waals surface area contributed by atoms with Gasteiger partial charge in [-0.25, -0.2) is 0 Å². The summed E-state index contributed by atoms with van der Waals surface area (Å²) in [6, 6.07) is 9.80. The lowest BCUT2D eigenvalue weighted by atomic mass is 10.1. The Morgan fingerprint density at radius 2 is 1.90 bits per heavy atom. The Hall–Kier alpha value is -2.89. The zero-order valence-corrected chi connectivity index (χ0v) is 10.4. The first-order valence-electron chi connectivity index (χ1n) is 6.04. The molecule has 1 aromatic carbocycles. The fourth-order valence-corrected chi connectivity index (χ4v) is 2.11. The Kier molecular flexibility index (Phi) is 2.83. The van der Waals surface area contributed by atoms with Crippen molar-refractivity contribution < 1.29 is 9.59 Å². The van der Waals surface area contributed by atoms with Crippen LogP contribution >= 0.6 is 0 Å². The van der Waals surface area contributed by atoms with Crippen LogP contribution in [0.25, 0.3) is 0 Å². The lowest BCUT2D eigenvalue weighted by Gasteiger charge is -2.29. The van der Waals surface area contributed by atoms with Crippen molar-refractivity contribution in [3.05, 3.63) is 58.5 Å². The molecule has 2 N–H and O–H groups in total. The van der Waals surface area contributed by atoms with E-state index >= 15 is 0 Å². The van der Waals surface area contributed by atoms with Crippen LogP contribution in [0.2, 0.25) is 0 Å². The number of hydrogen-bond acceptors (Lipinski definition) is 3. The molecule has 0 fully saturated rings. The highest BCUT2D eigenvalue weighted by Gasteiger charge is 2.27. The molecule has 2 amide bonds. The minimum absolute atomic E-state index is 0.0467. The molecule has 0 saturated carbocycles. The van der Waals surface area contributed by atoms with Gasteiger partial charge in [-0.1, -0.05) is 12.1 Å². The fraction of sp³-hybridized carbons (Fsp3) is 0.0714. The molecule has 1 aliphatic rings. The van der Waals surface area contributed by atoms with E-state index in [0.717, 1.165) is 0 Å². The summed E-state index contributed by atoms with van der Waals surface area (Å²) in [6.45, 7) is -0.0467. The third-order valence-electron chi connectivity index (χ3n) is 3.05. The normalized spacial score (nSPS) is 13.6. The van der Waals surface area contributed by atoms with E-state index in [1.807, 2.05) is 0 Å². The second-order valence-corrected chi connectivity index (χ2v) is 4.40. The predicted molar refractivity (Wildman–Crippen MR) is 73.8 cm³/mol. The molecule has 6 nitrogen and oxygen atoms in total. The van der Waals surface area contributed by atoms with Crippen molar-refractivity contribution in [2.45, 2.75) is 0 Å². The van der Waals surface area contributed by atoms with Gasteiger partial charge in [0, 0.05) is 12.3 Å². The molecule has 20 heavy (non-hydrogen) atoms. The summed E-state index contributed by atoms with van der Waals surface area (Å²) in [5, 5.41) is 2.71. The zero-order valence-electron chi connectivity index (χ0n) is 10.4. The van der Waals surface area contributed by atoms with Gasteiger partial charge in [-0.3, -0.25) is 19.3 Å². The molecule has 2 aromatic rings. The first kappa shape index (κ1) is 12.2. The van der Waals surface area contributed by atoms with E-state index in [9.17, 15) is 14.4 Å². The maximum atomic E-state index is 12.4. The van der Waals surface area contributed by atoms with Crippen LogP contribution < -0.4 is 15.8 Å². The van der Waals surface area contributed by atoms with Gasteiger partial charge in [0.05, 0.1) is 16.9 Å². The Morgan fingerprint density at radius 3 is 2.65 bits per heavy atom. The summed E-state index contributed by atoms with van der Waals surface area (Å²) in [4.78, 5) is 39.0. The molecule has 1 aromatic heterocycles. The van der Waals surface area contributed by atoms with Gasteiger partial charge in [-0.15, -0.1) is 0 Å². The van der Waals surface area contributed by atoms with Crippen molar-refractivity contribution in [2.24, 2.45) is 0 Å². The number of carbonyl (C=O) groups excluding carboxylic acids is 2. The van der Waals surface area contributed by atoms with Gasteiger partial charge in [0.2, 0.25) is 11.5 Å². The Morgan fingerprint density at radius 1 is 1.10 bits per heavy atom. The maximum absolute atomic E-state index is 12.4. The van der Waals surface area contributed by atoms with Crippen molar-refractivity contribution in [1.29, 1.82) is 0 Å². The van der Waals surface area contributed by atoms with Crippen molar-refractivity contribution in [3.8, 4) is 0 Å². The Bertz CT molecular complexity index is 731. The number of nitrogens with zero attached hydrogens (tertiary/aromatic N) is 1. The minimum Gasteiger partial charge on any atom is -0.328 e. The number of H-pyrrole nitrogens is 1. The van der Waals surface area contributed by atoms with Crippen LogP contribution in [0.1, 0.15) is 10.4 Å². The van der Waals surface area contributed by atoms with E-state index < -0.39 is 0 Å². The van der Waals surface area contributed by atoms with E-state index in [-0.39, 0.29) is 23.9 Å². The molecule has 0 bridgehead atoms. The van der Waals surface area contributed by atoms with E-state index in [0.29, 0.717) is 16.9 Å². The number of carbonyl (C=O) groups is 2. The number of anilines is 2. The number of aromatic nitrogens is 1. The van der Waals surface area contributed by atoms with Gasteiger partial charge < -0.3 is 10.3 Å². The third kappa shape index (κ3) is 2.07. The van der Waals surface area contributed by atoms with Crippen molar-refractivity contribution in [1.82, 2.24) is 4.98 Å². The monoisotopic (exact) mass is 269 g/mol. The summed E-state index contributed by atoms with van der Waals surface area (Å²) < 4.78 is 0. The molecule has 0 spiro atoms. The lowest BCUT2D eigenvalue weighted by Crippen LogP contribution is -2.42. The highest BCUT2D eigenvalue weighted by molar-refractivity contribution is 6.14. The van der Waals surface area contributed by atoms with E-state index in [1.54, 1.807) is 24.3 Å². The zero-order chi connectivity index (χ0) is 14.1.